The largest absolute Gasteiger partial charge is 0.497 e. The van der Waals surface area contributed by atoms with Crippen LogP contribution in [-0.2, 0) is 16.1 Å². The van der Waals surface area contributed by atoms with Crippen molar-refractivity contribution in [1.29, 1.82) is 0 Å². The minimum Gasteiger partial charge on any atom is -0.497 e. The predicted octanol–water partition coefficient (Wildman–Crippen LogP) is 4.80. The highest BCUT2D eigenvalue weighted by atomic mass is 19.1. The van der Waals surface area contributed by atoms with Gasteiger partial charge in [0.1, 0.15) is 17.2 Å². The number of nitrogens with zero attached hydrogens (tertiary/aromatic N) is 5. The number of imide groups is 1. The minimum absolute atomic E-state index is 0.109. The SMILES string of the molecule is COc1ccc(CN2C(=O)CCN(c3cncc4c(N5CCN(C(=O)OC(C)(C)C)CC5)cc(F)cc34)C2=O)cc1. The van der Waals surface area contributed by atoms with Crippen LogP contribution in [0.15, 0.2) is 48.8 Å². The number of hydrogen-bond acceptors (Lipinski definition) is 7. The number of benzene rings is 2. The molecule has 0 bridgehead atoms. The highest BCUT2D eigenvalue weighted by Crippen LogP contribution is 2.36. The Morgan fingerprint density at radius 1 is 0.951 bits per heavy atom. The Hall–Kier alpha value is -4.41. The summed E-state index contributed by atoms with van der Waals surface area (Å²) < 4.78 is 25.8. The maximum atomic E-state index is 15.1. The van der Waals surface area contributed by atoms with Gasteiger partial charge in [-0.1, -0.05) is 12.1 Å². The first-order valence-electron chi connectivity index (χ1n) is 13.6. The van der Waals surface area contributed by atoms with Crippen LogP contribution in [0, 0.1) is 5.82 Å². The first kappa shape index (κ1) is 28.1. The van der Waals surface area contributed by atoms with Crippen molar-refractivity contribution in [3.63, 3.8) is 0 Å². The van der Waals surface area contributed by atoms with Gasteiger partial charge in [0.05, 0.1) is 25.5 Å². The molecule has 5 rings (SSSR count). The maximum absolute atomic E-state index is 15.1. The van der Waals surface area contributed by atoms with Gasteiger partial charge < -0.3 is 19.3 Å². The molecule has 0 atom stereocenters. The average Bonchev–Trinajstić information content (AvgIpc) is 2.94. The highest BCUT2D eigenvalue weighted by molar-refractivity contribution is 6.11. The standard InChI is InChI=1S/C30H34FN5O5/c1-30(2,3)41-29(39)34-13-11-33(12-14-34)25-16-21(31)15-23-24(25)17-32-18-26(23)35-10-9-27(37)36(28(35)38)19-20-5-7-22(40-4)8-6-20/h5-8,15-18H,9-14,19H2,1-4H3. The molecule has 0 unspecified atom stereocenters. The van der Waals surface area contributed by atoms with E-state index in [4.69, 9.17) is 9.47 Å². The fraction of sp³-hybridized carbons (Fsp3) is 0.400. The first-order valence-corrected chi connectivity index (χ1v) is 13.6. The van der Waals surface area contributed by atoms with Crippen LogP contribution in [0.2, 0.25) is 0 Å². The van der Waals surface area contributed by atoms with Crippen molar-refractivity contribution in [3.8, 4) is 5.75 Å². The van der Waals surface area contributed by atoms with Crippen LogP contribution in [0.3, 0.4) is 0 Å². The van der Waals surface area contributed by atoms with E-state index in [9.17, 15) is 14.4 Å². The predicted molar refractivity (Wildman–Crippen MR) is 153 cm³/mol. The molecule has 11 heteroatoms. The Kier molecular flexibility index (Phi) is 7.70. The number of amides is 4. The Morgan fingerprint density at radius 2 is 1.66 bits per heavy atom. The summed E-state index contributed by atoms with van der Waals surface area (Å²) in [6.45, 7) is 7.56. The van der Waals surface area contributed by atoms with E-state index in [0.29, 0.717) is 54.1 Å². The summed E-state index contributed by atoms with van der Waals surface area (Å²) >= 11 is 0. The molecule has 0 radical (unpaired) electrons. The number of pyridine rings is 1. The van der Waals surface area contributed by atoms with Crippen LogP contribution in [0.5, 0.6) is 5.75 Å². The van der Waals surface area contributed by atoms with Gasteiger partial charge in [-0.2, -0.15) is 0 Å². The first-order chi connectivity index (χ1) is 19.5. The van der Waals surface area contributed by atoms with E-state index in [-0.39, 0.29) is 31.5 Å². The third-order valence-electron chi connectivity index (χ3n) is 7.17. The number of carbonyl (C=O) groups excluding carboxylic acids is 3. The molecule has 0 aliphatic carbocycles. The lowest BCUT2D eigenvalue weighted by Crippen LogP contribution is -2.52. The molecule has 10 nitrogen and oxygen atoms in total. The topological polar surface area (TPSA) is 95.5 Å². The fourth-order valence-corrected chi connectivity index (χ4v) is 5.12. The van der Waals surface area contributed by atoms with Crippen LogP contribution in [-0.4, -0.2) is 78.2 Å². The van der Waals surface area contributed by atoms with Gasteiger partial charge in [0.15, 0.2) is 0 Å². The number of carbonyl (C=O) groups is 3. The van der Waals surface area contributed by atoms with E-state index in [0.717, 1.165) is 5.56 Å². The Morgan fingerprint density at radius 3 is 2.32 bits per heavy atom. The number of halogens is 1. The van der Waals surface area contributed by atoms with Gasteiger partial charge in [0.2, 0.25) is 5.91 Å². The zero-order valence-electron chi connectivity index (χ0n) is 23.7. The minimum atomic E-state index is -0.588. The molecule has 4 amide bonds. The van der Waals surface area contributed by atoms with Crippen molar-refractivity contribution >= 4 is 40.2 Å². The smallest absolute Gasteiger partial charge is 0.410 e. The van der Waals surface area contributed by atoms with E-state index in [2.05, 4.69) is 4.98 Å². The number of aromatic nitrogens is 1. The molecule has 3 heterocycles. The molecule has 1 aromatic heterocycles. The van der Waals surface area contributed by atoms with Gasteiger partial charge in [-0.15, -0.1) is 0 Å². The van der Waals surface area contributed by atoms with Crippen LogP contribution in [0.25, 0.3) is 10.8 Å². The second-order valence-electron chi connectivity index (χ2n) is 11.1. The fourth-order valence-electron chi connectivity index (χ4n) is 5.12. The summed E-state index contributed by atoms with van der Waals surface area (Å²) in [4.78, 5) is 49.6. The number of ether oxygens (including phenoxy) is 2. The highest BCUT2D eigenvalue weighted by Gasteiger charge is 2.34. The Labute approximate surface area is 238 Å². The van der Waals surface area contributed by atoms with Gasteiger partial charge in [-0.3, -0.25) is 19.6 Å². The summed E-state index contributed by atoms with van der Waals surface area (Å²) in [5, 5.41) is 1.21. The average molecular weight is 564 g/mol. The number of rotatable bonds is 5. The number of fused-ring (bicyclic) bond motifs is 1. The van der Waals surface area contributed by atoms with Crippen molar-refractivity contribution in [2.24, 2.45) is 0 Å². The number of urea groups is 1. The van der Waals surface area contributed by atoms with Crippen LogP contribution >= 0.6 is 0 Å². The lowest BCUT2D eigenvalue weighted by Gasteiger charge is -2.37. The molecule has 0 spiro atoms. The van der Waals surface area contributed by atoms with Crippen molar-refractivity contribution in [2.75, 3.05) is 49.6 Å². The zero-order valence-corrected chi connectivity index (χ0v) is 23.7. The van der Waals surface area contributed by atoms with Gasteiger partial charge in [0, 0.05) is 61.8 Å². The maximum Gasteiger partial charge on any atom is 0.410 e. The van der Waals surface area contributed by atoms with Gasteiger partial charge in [-0.05, 0) is 50.6 Å². The van der Waals surface area contributed by atoms with Gasteiger partial charge in [0.25, 0.3) is 0 Å². The molecule has 2 aromatic carbocycles. The molecule has 2 fully saturated rings. The zero-order chi connectivity index (χ0) is 29.3. The molecule has 2 aliphatic heterocycles. The summed E-state index contributed by atoms with van der Waals surface area (Å²) in [5.41, 5.74) is 1.27. The number of hydrogen-bond donors (Lipinski definition) is 0. The molecule has 2 aliphatic rings. The van der Waals surface area contributed by atoms with Crippen molar-refractivity contribution in [1.82, 2.24) is 14.8 Å². The molecule has 2 saturated heterocycles. The second kappa shape index (κ2) is 11.2. The quantitative estimate of drug-likeness (QED) is 0.440. The van der Waals surface area contributed by atoms with Gasteiger partial charge in [-0.25, -0.2) is 14.0 Å². The number of methoxy groups -OCH3 is 1. The monoisotopic (exact) mass is 563 g/mol. The van der Waals surface area contributed by atoms with E-state index in [1.54, 1.807) is 30.3 Å². The van der Waals surface area contributed by atoms with Crippen molar-refractivity contribution in [2.45, 2.75) is 39.3 Å². The lowest BCUT2D eigenvalue weighted by molar-refractivity contribution is -0.129. The molecule has 216 valence electrons. The summed E-state index contributed by atoms with van der Waals surface area (Å²) in [6.07, 6.45) is 2.95. The molecule has 3 aromatic rings. The summed E-state index contributed by atoms with van der Waals surface area (Å²) in [7, 11) is 1.57. The number of piperazine rings is 1. The van der Waals surface area contributed by atoms with Crippen LogP contribution in [0.4, 0.5) is 25.4 Å². The van der Waals surface area contributed by atoms with Gasteiger partial charge >= 0.3 is 12.1 Å². The van der Waals surface area contributed by atoms with E-state index in [1.165, 1.54) is 28.1 Å². The lowest BCUT2D eigenvalue weighted by atomic mass is 10.1. The van der Waals surface area contributed by atoms with Crippen molar-refractivity contribution in [3.05, 3.63) is 60.2 Å². The molecule has 0 N–H and O–H groups in total. The number of anilines is 2. The van der Waals surface area contributed by atoms with Crippen LogP contribution < -0.4 is 14.5 Å². The molecular weight excluding hydrogens is 529 g/mol. The Balaban J connectivity index is 1.39. The van der Waals surface area contributed by atoms with Crippen molar-refractivity contribution < 1.29 is 28.2 Å². The summed E-state index contributed by atoms with van der Waals surface area (Å²) in [6, 6.07) is 9.53. The van der Waals surface area contributed by atoms with Crippen LogP contribution in [0.1, 0.15) is 32.8 Å². The molecular formula is C30H34FN5O5. The third kappa shape index (κ3) is 6.03. The second-order valence-corrected chi connectivity index (χ2v) is 11.1. The Bertz CT molecular complexity index is 1460. The molecule has 41 heavy (non-hydrogen) atoms. The summed E-state index contributed by atoms with van der Waals surface area (Å²) in [5.74, 6) is -0.0484. The van der Waals surface area contributed by atoms with E-state index >= 15 is 4.39 Å². The third-order valence-corrected chi connectivity index (χ3v) is 7.17. The van der Waals surface area contributed by atoms with E-state index in [1.807, 2.05) is 37.8 Å². The normalized spacial score (nSPS) is 16.4. The molecule has 0 saturated carbocycles. The van der Waals surface area contributed by atoms with E-state index < -0.39 is 17.4 Å².